The van der Waals surface area contributed by atoms with Gasteiger partial charge in [0.2, 0.25) is 0 Å². The summed E-state index contributed by atoms with van der Waals surface area (Å²) in [5.41, 5.74) is 0.967. The Balaban J connectivity index is 2.09. The Morgan fingerprint density at radius 3 is 2.78 bits per heavy atom. The molecule has 0 aromatic heterocycles. The number of rotatable bonds is 8. The molecule has 0 aliphatic rings. The molecule has 0 aliphatic heterocycles. The SMILES string of the molecule is CN(C)CCOCCNCc1ccc(F)c(Cl)c1. The Bertz CT molecular complexity index is 361. The predicted octanol–water partition coefficient (Wildman–Crippen LogP) is 2.15. The molecule has 0 saturated heterocycles. The molecule has 1 rings (SSSR count). The van der Waals surface area contributed by atoms with Crippen molar-refractivity contribution in [2.45, 2.75) is 6.54 Å². The second kappa shape index (κ2) is 8.43. The van der Waals surface area contributed by atoms with Crippen LogP contribution in [0.1, 0.15) is 5.56 Å². The van der Waals surface area contributed by atoms with E-state index in [1.165, 1.54) is 6.07 Å². The van der Waals surface area contributed by atoms with Crippen LogP contribution in [-0.4, -0.2) is 45.3 Å². The maximum Gasteiger partial charge on any atom is 0.141 e. The van der Waals surface area contributed by atoms with E-state index in [0.717, 1.165) is 25.3 Å². The molecule has 0 amide bonds. The topological polar surface area (TPSA) is 24.5 Å². The van der Waals surface area contributed by atoms with Crippen molar-refractivity contribution >= 4 is 11.6 Å². The average molecular weight is 275 g/mol. The zero-order valence-electron chi connectivity index (χ0n) is 10.9. The first-order chi connectivity index (χ1) is 8.59. The van der Waals surface area contributed by atoms with Gasteiger partial charge in [0.25, 0.3) is 0 Å². The van der Waals surface area contributed by atoms with Crippen molar-refractivity contribution in [2.24, 2.45) is 0 Å². The molecular weight excluding hydrogens is 255 g/mol. The van der Waals surface area contributed by atoms with Crippen molar-refractivity contribution in [1.29, 1.82) is 0 Å². The van der Waals surface area contributed by atoms with E-state index in [1.807, 2.05) is 14.1 Å². The van der Waals surface area contributed by atoms with Gasteiger partial charge in [0, 0.05) is 19.6 Å². The first-order valence-electron chi connectivity index (χ1n) is 5.96. The number of benzene rings is 1. The van der Waals surface area contributed by atoms with Gasteiger partial charge in [-0.25, -0.2) is 4.39 Å². The molecule has 5 heteroatoms. The Morgan fingerprint density at radius 1 is 1.33 bits per heavy atom. The molecule has 0 fully saturated rings. The smallest absolute Gasteiger partial charge is 0.141 e. The van der Waals surface area contributed by atoms with E-state index in [4.69, 9.17) is 16.3 Å². The molecule has 0 radical (unpaired) electrons. The summed E-state index contributed by atoms with van der Waals surface area (Å²) in [5.74, 6) is -0.382. The first kappa shape index (κ1) is 15.4. The van der Waals surface area contributed by atoms with Gasteiger partial charge in [0.1, 0.15) is 5.82 Å². The van der Waals surface area contributed by atoms with Crippen molar-refractivity contribution in [1.82, 2.24) is 10.2 Å². The zero-order valence-corrected chi connectivity index (χ0v) is 11.6. The monoisotopic (exact) mass is 274 g/mol. The summed E-state index contributed by atoms with van der Waals surface area (Å²) in [4.78, 5) is 2.08. The lowest BCUT2D eigenvalue weighted by Gasteiger charge is -2.10. The van der Waals surface area contributed by atoms with Crippen LogP contribution in [0.3, 0.4) is 0 Å². The van der Waals surface area contributed by atoms with Crippen molar-refractivity contribution in [3.8, 4) is 0 Å². The minimum atomic E-state index is -0.382. The Labute approximate surface area is 113 Å². The molecule has 0 bridgehead atoms. The summed E-state index contributed by atoms with van der Waals surface area (Å²) < 4.78 is 18.4. The fraction of sp³-hybridized carbons (Fsp3) is 0.538. The number of ether oxygens (including phenoxy) is 1. The van der Waals surface area contributed by atoms with E-state index >= 15 is 0 Å². The van der Waals surface area contributed by atoms with Crippen LogP contribution in [0.25, 0.3) is 0 Å². The van der Waals surface area contributed by atoms with Gasteiger partial charge in [-0.15, -0.1) is 0 Å². The molecule has 1 aromatic carbocycles. The quantitative estimate of drug-likeness (QED) is 0.735. The number of hydrogen-bond acceptors (Lipinski definition) is 3. The Kier molecular flexibility index (Phi) is 7.20. The van der Waals surface area contributed by atoms with Gasteiger partial charge in [-0.3, -0.25) is 0 Å². The highest BCUT2D eigenvalue weighted by Gasteiger charge is 2.00. The van der Waals surface area contributed by atoms with E-state index in [0.29, 0.717) is 13.2 Å². The first-order valence-corrected chi connectivity index (χ1v) is 6.34. The molecule has 0 saturated carbocycles. The fourth-order valence-corrected chi connectivity index (χ4v) is 1.58. The van der Waals surface area contributed by atoms with Crippen LogP contribution in [0, 0.1) is 5.82 Å². The number of nitrogens with zero attached hydrogens (tertiary/aromatic N) is 1. The second-order valence-electron chi connectivity index (χ2n) is 4.34. The summed E-state index contributed by atoms with van der Waals surface area (Å²) >= 11 is 5.69. The molecule has 0 unspecified atom stereocenters. The molecule has 0 spiro atoms. The lowest BCUT2D eigenvalue weighted by atomic mass is 10.2. The highest BCUT2D eigenvalue weighted by molar-refractivity contribution is 6.30. The van der Waals surface area contributed by atoms with E-state index in [1.54, 1.807) is 12.1 Å². The third-order valence-electron chi connectivity index (χ3n) is 2.42. The van der Waals surface area contributed by atoms with Crippen LogP contribution in [0.2, 0.25) is 5.02 Å². The van der Waals surface area contributed by atoms with E-state index in [-0.39, 0.29) is 10.8 Å². The Morgan fingerprint density at radius 2 is 2.11 bits per heavy atom. The maximum atomic E-state index is 12.9. The molecule has 0 aliphatic carbocycles. The number of likely N-dealkylation sites (N-methyl/N-ethyl adjacent to an activating group) is 1. The van der Waals surface area contributed by atoms with Crippen LogP contribution in [0.5, 0.6) is 0 Å². The van der Waals surface area contributed by atoms with Crippen molar-refractivity contribution in [2.75, 3.05) is 40.4 Å². The molecule has 0 heterocycles. The summed E-state index contributed by atoms with van der Waals surface area (Å²) in [6.45, 7) is 3.76. The number of halogens is 2. The fourth-order valence-electron chi connectivity index (χ4n) is 1.38. The second-order valence-corrected chi connectivity index (χ2v) is 4.75. The van der Waals surface area contributed by atoms with Crippen molar-refractivity contribution in [3.05, 3.63) is 34.6 Å². The van der Waals surface area contributed by atoms with E-state index in [2.05, 4.69) is 10.2 Å². The molecule has 1 aromatic rings. The van der Waals surface area contributed by atoms with Crippen LogP contribution in [0.4, 0.5) is 4.39 Å². The van der Waals surface area contributed by atoms with Crippen molar-refractivity contribution in [3.63, 3.8) is 0 Å². The van der Waals surface area contributed by atoms with Gasteiger partial charge in [-0.2, -0.15) is 0 Å². The summed E-state index contributed by atoms with van der Waals surface area (Å²) in [6.07, 6.45) is 0. The molecular formula is C13H20ClFN2O. The molecule has 1 N–H and O–H groups in total. The molecule has 3 nitrogen and oxygen atoms in total. The van der Waals surface area contributed by atoms with Crippen LogP contribution in [-0.2, 0) is 11.3 Å². The third-order valence-corrected chi connectivity index (χ3v) is 2.71. The number of nitrogens with one attached hydrogen (secondary N) is 1. The average Bonchev–Trinajstić information content (AvgIpc) is 2.32. The van der Waals surface area contributed by atoms with Gasteiger partial charge < -0.3 is 15.0 Å². The van der Waals surface area contributed by atoms with Crippen LogP contribution in [0.15, 0.2) is 18.2 Å². The number of hydrogen-bond donors (Lipinski definition) is 1. The lowest BCUT2D eigenvalue weighted by molar-refractivity contribution is 0.119. The summed E-state index contributed by atoms with van der Waals surface area (Å²) in [5, 5.41) is 3.38. The Hall–Kier alpha value is -0.680. The van der Waals surface area contributed by atoms with E-state index < -0.39 is 0 Å². The largest absolute Gasteiger partial charge is 0.379 e. The van der Waals surface area contributed by atoms with Gasteiger partial charge >= 0.3 is 0 Å². The van der Waals surface area contributed by atoms with Crippen molar-refractivity contribution < 1.29 is 9.13 Å². The molecule has 102 valence electrons. The van der Waals surface area contributed by atoms with Crippen LogP contribution >= 0.6 is 11.6 Å². The highest BCUT2D eigenvalue weighted by Crippen LogP contribution is 2.15. The van der Waals surface area contributed by atoms with Gasteiger partial charge in [0.05, 0.1) is 18.2 Å². The standard InChI is InChI=1S/C13H20ClFN2O/c1-17(2)6-8-18-7-5-16-10-11-3-4-13(15)12(14)9-11/h3-4,9,16H,5-8,10H2,1-2H3. The van der Waals surface area contributed by atoms with Gasteiger partial charge in [-0.1, -0.05) is 17.7 Å². The minimum absolute atomic E-state index is 0.163. The molecule has 0 atom stereocenters. The van der Waals surface area contributed by atoms with Crippen LogP contribution < -0.4 is 5.32 Å². The lowest BCUT2D eigenvalue weighted by Crippen LogP contribution is -2.23. The predicted molar refractivity (Wildman–Crippen MR) is 72.5 cm³/mol. The maximum absolute atomic E-state index is 12.9. The summed E-state index contributed by atoms with van der Waals surface area (Å²) in [6, 6.07) is 4.74. The molecule has 18 heavy (non-hydrogen) atoms. The zero-order chi connectivity index (χ0) is 13.4. The highest BCUT2D eigenvalue weighted by atomic mass is 35.5. The minimum Gasteiger partial charge on any atom is -0.379 e. The van der Waals surface area contributed by atoms with Gasteiger partial charge in [-0.05, 0) is 31.8 Å². The van der Waals surface area contributed by atoms with E-state index in [9.17, 15) is 4.39 Å². The normalized spacial score (nSPS) is 11.2. The summed E-state index contributed by atoms with van der Waals surface area (Å²) in [7, 11) is 4.03. The third kappa shape index (κ3) is 6.31. The van der Waals surface area contributed by atoms with Gasteiger partial charge in [0.15, 0.2) is 0 Å².